The highest BCUT2D eigenvalue weighted by Gasteiger charge is 2.31. The van der Waals surface area contributed by atoms with Gasteiger partial charge in [0.15, 0.2) is 0 Å². The summed E-state index contributed by atoms with van der Waals surface area (Å²) in [6.45, 7) is 2.21. The van der Waals surface area contributed by atoms with Gasteiger partial charge in [0.25, 0.3) is 0 Å². The van der Waals surface area contributed by atoms with E-state index in [2.05, 4.69) is 5.43 Å². The maximum absolute atomic E-state index is 14.0. The normalized spacial score (nSPS) is 21.8. The molecule has 17 heavy (non-hydrogen) atoms. The Hall–Kier alpha value is -1.04. The van der Waals surface area contributed by atoms with Gasteiger partial charge in [-0.3, -0.25) is 11.3 Å². The summed E-state index contributed by atoms with van der Waals surface area (Å²) in [6.07, 6.45) is 1.37. The third-order valence-electron chi connectivity index (χ3n) is 3.15. The molecule has 2 rings (SSSR count). The van der Waals surface area contributed by atoms with Crippen LogP contribution < -0.4 is 11.3 Å². The van der Waals surface area contributed by atoms with Crippen molar-refractivity contribution in [3.8, 4) is 0 Å². The third-order valence-corrected chi connectivity index (χ3v) is 3.15. The maximum atomic E-state index is 14.0. The predicted molar refractivity (Wildman–Crippen MR) is 60.1 cm³/mol. The summed E-state index contributed by atoms with van der Waals surface area (Å²) in [5.74, 6) is 4.27. The zero-order valence-corrected chi connectivity index (χ0v) is 9.67. The number of nitrogens with one attached hydrogen (secondary N) is 1. The SMILES string of the molecule is Cc1ccc(F)c(C(NN)C2CCCO2)c1F. The summed E-state index contributed by atoms with van der Waals surface area (Å²) in [7, 11) is 0. The van der Waals surface area contributed by atoms with Crippen LogP contribution in [0, 0.1) is 18.6 Å². The number of halogens is 2. The number of hydrazine groups is 1. The van der Waals surface area contributed by atoms with Gasteiger partial charge in [0, 0.05) is 12.2 Å². The van der Waals surface area contributed by atoms with Gasteiger partial charge in [-0.15, -0.1) is 0 Å². The minimum Gasteiger partial charge on any atom is -0.376 e. The molecule has 3 N–H and O–H groups in total. The summed E-state index contributed by atoms with van der Waals surface area (Å²) >= 11 is 0. The lowest BCUT2D eigenvalue weighted by Gasteiger charge is -2.23. The van der Waals surface area contributed by atoms with E-state index in [-0.39, 0.29) is 11.7 Å². The minimum absolute atomic E-state index is 0.0283. The van der Waals surface area contributed by atoms with Crippen LogP contribution in [0.5, 0.6) is 0 Å². The van der Waals surface area contributed by atoms with Gasteiger partial charge in [-0.2, -0.15) is 0 Å². The van der Waals surface area contributed by atoms with E-state index in [0.717, 1.165) is 12.8 Å². The number of ether oxygens (including phenoxy) is 1. The Labute approximate surface area is 98.9 Å². The highest BCUT2D eigenvalue weighted by Crippen LogP contribution is 2.30. The second-order valence-corrected chi connectivity index (χ2v) is 4.29. The van der Waals surface area contributed by atoms with Gasteiger partial charge >= 0.3 is 0 Å². The van der Waals surface area contributed by atoms with Crippen LogP contribution >= 0.6 is 0 Å². The molecule has 0 amide bonds. The van der Waals surface area contributed by atoms with E-state index in [1.165, 1.54) is 12.1 Å². The lowest BCUT2D eigenvalue weighted by Crippen LogP contribution is -2.37. The van der Waals surface area contributed by atoms with Crippen LogP contribution in [-0.2, 0) is 4.74 Å². The van der Waals surface area contributed by atoms with E-state index in [4.69, 9.17) is 10.6 Å². The molecule has 0 radical (unpaired) electrons. The van der Waals surface area contributed by atoms with Gasteiger partial charge in [-0.05, 0) is 31.4 Å². The zero-order chi connectivity index (χ0) is 12.4. The Morgan fingerprint density at radius 1 is 1.47 bits per heavy atom. The molecule has 1 heterocycles. The summed E-state index contributed by atoms with van der Waals surface area (Å²) in [5.41, 5.74) is 2.84. The molecule has 0 bridgehead atoms. The number of hydrogen-bond donors (Lipinski definition) is 2. The quantitative estimate of drug-likeness (QED) is 0.629. The molecule has 94 valence electrons. The Balaban J connectivity index is 2.39. The molecule has 2 unspecified atom stereocenters. The van der Waals surface area contributed by atoms with Gasteiger partial charge in [-0.1, -0.05) is 6.07 Å². The largest absolute Gasteiger partial charge is 0.376 e. The monoisotopic (exact) mass is 242 g/mol. The maximum Gasteiger partial charge on any atom is 0.133 e. The molecule has 1 fully saturated rings. The molecular weight excluding hydrogens is 226 g/mol. The molecule has 0 saturated carbocycles. The lowest BCUT2D eigenvalue weighted by molar-refractivity contribution is 0.0759. The minimum atomic E-state index is -0.641. The fourth-order valence-corrected chi connectivity index (χ4v) is 2.21. The smallest absolute Gasteiger partial charge is 0.133 e. The number of benzene rings is 1. The Morgan fingerprint density at radius 2 is 2.24 bits per heavy atom. The second kappa shape index (κ2) is 5.08. The van der Waals surface area contributed by atoms with Crippen LogP contribution in [0.25, 0.3) is 0 Å². The molecule has 1 aliphatic heterocycles. The molecule has 2 atom stereocenters. The molecule has 0 spiro atoms. The van der Waals surface area contributed by atoms with Crippen LogP contribution in [0.2, 0.25) is 0 Å². The van der Waals surface area contributed by atoms with E-state index in [1.54, 1.807) is 6.92 Å². The van der Waals surface area contributed by atoms with E-state index in [9.17, 15) is 8.78 Å². The van der Waals surface area contributed by atoms with Crippen LogP contribution in [0.3, 0.4) is 0 Å². The van der Waals surface area contributed by atoms with Crippen molar-refractivity contribution in [3.05, 3.63) is 34.9 Å². The van der Waals surface area contributed by atoms with Gasteiger partial charge in [0.2, 0.25) is 0 Å². The predicted octanol–water partition coefficient (Wildman–Crippen LogP) is 1.96. The third kappa shape index (κ3) is 2.31. The molecule has 1 aromatic rings. The number of hydrogen-bond acceptors (Lipinski definition) is 3. The molecule has 5 heteroatoms. The number of aryl methyl sites for hydroxylation is 1. The van der Waals surface area contributed by atoms with Crippen molar-refractivity contribution < 1.29 is 13.5 Å². The summed E-state index contributed by atoms with van der Waals surface area (Å²) < 4.78 is 33.1. The summed E-state index contributed by atoms with van der Waals surface area (Å²) in [4.78, 5) is 0. The van der Waals surface area contributed by atoms with Crippen molar-refractivity contribution in [2.24, 2.45) is 5.84 Å². The van der Waals surface area contributed by atoms with E-state index >= 15 is 0 Å². The molecule has 1 aromatic carbocycles. The fraction of sp³-hybridized carbons (Fsp3) is 0.500. The van der Waals surface area contributed by atoms with Crippen molar-refractivity contribution in [3.63, 3.8) is 0 Å². The average molecular weight is 242 g/mol. The Morgan fingerprint density at radius 3 is 2.82 bits per heavy atom. The van der Waals surface area contributed by atoms with E-state index in [1.807, 2.05) is 0 Å². The second-order valence-electron chi connectivity index (χ2n) is 4.29. The van der Waals surface area contributed by atoms with Crippen LogP contribution in [0.1, 0.15) is 30.0 Å². The van der Waals surface area contributed by atoms with Crippen LogP contribution in [-0.4, -0.2) is 12.7 Å². The molecule has 1 saturated heterocycles. The first-order valence-electron chi connectivity index (χ1n) is 5.67. The first kappa shape index (κ1) is 12.4. The van der Waals surface area contributed by atoms with Gasteiger partial charge < -0.3 is 4.74 Å². The number of rotatable bonds is 3. The van der Waals surface area contributed by atoms with Crippen molar-refractivity contribution in [1.29, 1.82) is 0 Å². The van der Waals surface area contributed by atoms with Gasteiger partial charge in [0.1, 0.15) is 11.6 Å². The van der Waals surface area contributed by atoms with Crippen molar-refractivity contribution in [1.82, 2.24) is 5.43 Å². The lowest BCUT2D eigenvalue weighted by atomic mass is 9.97. The molecule has 3 nitrogen and oxygen atoms in total. The fourth-order valence-electron chi connectivity index (χ4n) is 2.21. The standard InChI is InChI=1S/C12H16F2N2O/c1-7-4-5-8(13)10(11(7)14)12(16-15)9-3-2-6-17-9/h4-5,9,12,16H,2-3,6,15H2,1H3. The van der Waals surface area contributed by atoms with E-state index in [0.29, 0.717) is 12.2 Å². The first-order chi connectivity index (χ1) is 8.15. The molecule has 0 aliphatic carbocycles. The summed E-state index contributed by atoms with van der Waals surface area (Å²) in [6, 6.07) is 2.03. The topological polar surface area (TPSA) is 47.3 Å². The van der Waals surface area contributed by atoms with Gasteiger partial charge in [-0.25, -0.2) is 8.78 Å². The average Bonchev–Trinajstić information content (AvgIpc) is 2.83. The van der Waals surface area contributed by atoms with Gasteiger partial charge in [0.05, 0.1) is 12.1 Å². The highest BCUT2D eigenvalue weighted by molar-refractivity contribution is 5.30. The summed E-state index contributed by atoms with van der Waals surface area (Å²) in [5, 5.41) is 0. The van der Waals surface area contributed by atoms with Crippen molar-refractivity contribution in [2.75, 3.05) is 6.61 Å². The zero-order valence-electron chi connectivity index (χ0n) is 9.67. The first-order valence-corrected chi connectivity index (χ1v) is 5.67. The Kier molecular flexibility index (Phi) is 3.71. The molecule has 1 aliphatic rings. The Bertz CT molecular complexity index is 406. The highest BCUT2D eigenvalue weighted by atomic mass is 19.1. The number of nitrogens with two attached hydrogens (primary N) is 1. The van der Waals surface area contributed by atoms with Crippen LogP contribution in [0.15, 0.2) is 12.1 Å². The molecule has 0 aromatic heterocycles. The van der Waals surface area contributed by atoms with Crippen molar-refractivity contribution in [2.45, 2.75) is 31.9 Å². The van der Waals surface area contributed by atoms with Crippen molar-refractivity contribution >= 4 is 0 Å². The van der Waals surface area contributed by atoms with Crippen LogP contribution in [0.4, 0.5) is 8.78 Å². The molecular formula is C12H16F2N2O. The van der Waals surface area contributed by atoms with E-state index < -0.39 is 17.7 Å².